The number of carbonyl (C=O) groups excluding carboxylic acids is 3. The molecule has 126 valence electrons. The van der Waals surface area contributed by atoms with E-state index in [0.29, 0.717) is 12.2 Å². The van der Waals surface area contributed by atoms with Gasteiger partial charge in [-0.15, -0.1) is 0 Å². The van der Waals surface area contributed by atoms with Gasteiger partial charge in [-0.05, 0) is 31.0 Å². The zero-order chi connectivity index (χ0) is 17.2. The van der Waals surface area contributed by atoms with Gasteiger partial charge >= 0.3 is 12.0 Å². The first kappa shape index (κ1) is 18.6. The Bertz CT molecular complexity index is 559. The second-order valence-corrected chi connectivity index (χ2v) is 5.04. The average Bonchev–Trinajstić information content (AvgIpc) is 2.52. The molecule has 1 atom stereocenters. The fourth-order valence-electron chi connectivity index (χ4n) is 1.69. The number of methoxy groups -OCH3 is 1. The SMILES string of the molecule is CC[C@H](C)NC(=O)NC(=O)COC(=O)c1cccc(COC)c1. The van der Waals surface area contributed by atoms with Gasteiger partial charge in [-0.2, -0.15) is 0 Å². The Morgan fingerprint density at radius 2 is 2.00 bits per heavy atom. The minimum absolute atomic E-state index is 0.0473. The standard InChI is InChI=1S/C16H22N2O5/c1-4-11(2)17-16(21)18-14(19)10-23-15(20)13-7-5-6-12(8-13)9-22-3/h5-8,11H,4,9-10H2,1-3H3,(H2,17,18,19,21)/t11-/m0/s1. The van der Waals surface area contributed by atoms with Crippen molar-refractivity contribution in [3.63, 3.8) is 0 Å². The number of ether oxygens (including phenoxy) is 2. The Morgan fingerprint density at radius 1 is 1.26 bits per heavy atom. The summed E-state index contributed by atoms with van der Waals surface area (Å²) in [5.74, 6) is -1.33. The summed E-state index contributed by atoms with van der Waals surface area (Å²) in [6.45, 7) is 3.57. The number of amides is 3. The third-order valence-corrected chi connectivity index (χ3v) is 3.05. The zero-order valence-electron chi connectivity index (χ0n) is 13.5. The van der Waals surface area contributed by atoms with E-state index in [2.05, 4.69) is 10.6 Å². The van der Waals surface area contributed by atoms with E-state index in [1.54, 1.807) is 25.3 Å². The second-order valence-electron chi connectivity index (χ2n) is 5.04. The molecule has 0 bridgehead atoms. The van der Waals surface area contributed by atoms with Gasteiger partial charge in [0.1, 0.15) is 0 Å². The quantitative estimate of drug-likeness (QED) is 0.744. The number of nitrogens with one attached hydrogen (secondary N) is 2. The Balaban J connectivity index is 2.45. The lowest BCUT2D eigenvalue weighted by Gasteiger charge is -2.11. The molecule has 2 N–H and O–H groups in total. The average molecular weight is 322 g/mol. The molecule has 1 rings (SSSR count). The van der Waals surface area contributed by atoms with Gasteiger partial charge in [-0.25, -0.2) is 9.59 Å². The molecular formula is C16H22N2O5. The van der Waals surface area contributed by atoms with Crippen LogP contribution in [0.25, 0.3) is 0 Å². The molecule has 3 amide bonds. The van der Waals surface area contributed by atoms with Crippen LogP contribution in [0.2, 0.25) is 0 Å². The van der Waals surface area contributed by atoms with E-state index in [0.717, 1.165) is 12.0 Å². The fraction of sp³-hybridized carbons (Fsp3) is 0.438. The number of esters is 1. The molecule has 1 aromatic rings. The minimum atomic E-state index is -0.688. The summed E-state index contributed by atoms with van der Waals surface area (Å²) < 4.78 is 9.87. The van der Waals surface area contributed by atoms with Crippen LogP contribution in [-0.4, -0.2) is 37.7 Å². The van der Waals surface area contributed by atoms with Crippen molar-refractivity contribution in [1.82, 2.24) is 10.6 Å². The molecular weight excluding hydrogens is 300 g/mol. The van der Waals surface area contributed by atoms with Crippen molar-refractivity contribution in [2.24, 2.45) is 0 Å². The highest BCUT2D eigenvalue weighted by Gasteiger charge is 2.13. The maximum absolute atomic E-state index is 11.9. The van der Waals surface area contributed by atoms with E-state index in [4.69, 9.17) is 9.47 Å². The number of hydrogen-bond donors (Lipinski definition) is 2. The molecule has 0 spiro atoms. The molecule has 7 heteroatoms. The summed E-state index contributed by atoms with van der Waals surface area (Å²) in [7, 11) is 1.56. The van der Waals surface area contributed by atoms with Crippen molar-refractivity contribution in [3.8, 4) is 0 Å². The van der Waals surface area contributed by atoms with Crippen LogP contribution in [0.1, 0.15) is 36.2 Å². The van der Waals surface area contributed by atoms with Gasteiger partial charge < -0.3 is 14.8 Å². The minimum Gasteiger partial charge on any atom is -0.452 e. The van der Waals surface area contributed by atoms with Crippen LogP contribution in [0.3, 0.4) is 0 Å². The first-order chi connectivity index (χ1) is 11.0. The Morgan fingerprint density at radius 3 is 2.65 bits per heavy atom. The van der Waals surface area contributed by atoms with Crippen LogP contribution in [0.15, 0.2) is 24.3 Å². The van der Waals surface area contributed by atoms with Crippen molar-refractivity contribution >= 4 is 17.9 Å². The first-order valence-electron chi connectivity index (χ1n) is 7.31. The van der Waals surface area contributed by atoms with Crippen LogP contribution in [0, 0.1) is 0 Å². The molecule has 1 aromatic carbocycles. The van der Waals surface area contributed by atoms with Crippen LogP contribution in [-0.2, 0) is 20.9 Å². The van der Waals surface area contributed by atoms with E-state index >= 15 is 0 Å². The van der Waals surface area contributed by atoms with Crippen LogP contribution in [0.5, 0.6) is 0 Å². The predicted molar refractivity (Wildman–Crippen MR) is 83.9 cm³/mol. The highest BCUT2D eigenvalue weighted by atomic mass is 16.5. The highest BCUT2D eigenvalue weighted by molar-refractivity contribution is 5.97. The van der Waals surface area contributed by atoms with Gasteiger partial charge in [-0.3, -0.25) is 10.1 Å². The third-order valence-electron chi connectivity index (χ3n) is 3.05. The van der Waals surface area contributed by atoms with E-state index in [1.165, 1.54) is 0 Å². The van der Waals surface area contributed by atoms with Gasteiger partial charge in [0, 0.05) is 13.2 Å². The lowest BCUT2D eigenvalue weighted by atomic mass is 10.1. The zero-order valence-corrected chi connectivity index (χ0v) is 13.5. The van der Waals surface area contributed by atoms with Crippen LogP contribution >= 0.6 is 0 Å². The van der Waals surface area contributed by atoms with Crippen molar-refractivity contribution in [3.05, 3.63) is 35.4 Å². The molecule has 23 heavy (non-hydrogen) atoms. The number of imide groups is 1. The maximum atomic E-state index is 11.9. The van der Waals surface area contributed by atoms with Crippen molar-refractivity contribution in [2.45, 2.75) is 32.9 Å². The summed E-state index contributed by atoms with van der Waals surface area (Å²) in [5.41, 5.74) is 1.13. The molecule has 0 fully saturated rings. The van der Waals surface area contributed by atoms with Crippen molar-refractivity contribution in [1.29, 1.82) is 0 Å². The van der Waals surface area contributed by atoms with Gasteiger partial charge in [-0.1, -0.05) is 19.1 Å². The van der Waals surface area contributed by atoms with Gasteiger partial charge in [0.15, 0.2) is 6.61 Å². The van der Waals surface area contributed by atoms with Gasteiger partial charge in [0.05, 0.1) is 12.2 Å². The monoisotopic (exact) mass is 322 g/mol. The van der Waals surface area contributed by atoms with E-state index < -0.39 is 24.5 Å². The van der Waals surface area contributed by atoms with Crippen LogP contribution < -0.4 is 10.6 Å². The number of urea groups is 1. The van der Waals surface area contributed by atoms with Crippen molar-refractivity contribution < 1.29 is 23.9 Å². The number of benzene rings is 1. The topological polar surface area (TPSA) is 93.7 Å². The van der Waals surface area contributed by atoms with E-state index in [1.807, 2.05) is 19.9 Å². The summed E-state index contributed by atoms with van der Waals surface area (Å²) in [5, 5.41) is 4.67. The fourth-order valence-corrected chi connectivity index (χ4v) is 1.69. The van der Waals surface area contributed by atoms with Gasteiger partial charge in [0.25, 0.3) is 5.91 Å². The Kier molecular flexibility index (Phi) is 7.76. The molecule has 0 heterocycles. The maximum Gasteiger partial charge on any atom is 0.338 e. The molecule has 0 radical (unpaired) electrons. The third kappa shape index (κ3) is 6.92. The number of carbonyl (C=O) groups is 3. The van der Waals surface area contributed by atoms with E-state index in [-0.39, 0.29) is 6.04 Å². The van der Waals surface area contributed by atoms with Crippen molar-refractivity contribution in [2.75, 3.05) is 13.7 Å². The normalized spacial score (nSPS) is 11.4. The largest absolute Gasteiger partial charge is 0.452 e. The lowest BCUT2D eigenvalue weighted by molar-refractivity contribution is -0.123. The Hall–Kier alpha value is -2.41. The molecule has 0 saturated heterocycles. The smallest absolute Gasteiger partial charge is 0.338 e. The number of hydrogen-bond acceptors (Lipinski definition) is 5. The summed E-state index contributed by atoms with van der Waals surface area (Å²) in [4.78, 5) is 34.9. The predicted octanol–water partition coefficient (Wildman–Crippen LogP) is 1.61. The number of rotatable bonds is 7. The molecule has 0 saturated carbocycles. The summed E-state index contributed by atoms with van der Waals surface area (Å²) in [6, 6.07) is 6.06. The van der Waals surface area contributed by atoms with Gasteiger partial charge in [0.2, 0.25) is 0 Å². The molecule has 0 aliphatic heterocycles. The van der Waals surface area contributed by atoms with E-state index in [9.17, 15) is 14.4 Å². The lowest BCUT2D eigenvalue weighted by Crippen LogP contribution is -2.44. The molecule has 0 aliphatic carbocycles. The summed E-state index contributed by atoms with van der Waals surface area (Å²) >= 11 is 0. The first-order valence-corrected chi connectivity index (χ1v) is 7.31. The molecule has 7 nitrogen and oxygen atoms in total. The summed E-state index contributed by atoms with van der Waals surface area (Å²) in [6.07, 6.45) is 0.744. The van der Waals surface area contributed by atoms with Crippen LogP contribution in [0.4, 0.5) is 4.79 Å². The Labute approximate surface area is 135 Å². The second kappa shape index (κ2) is 9.58. The highest BCUT2D eigenvalue weighted by Crippen LogP contribution is 2.07. The molecule has 0 aliphatic rings. The molecule has 0 aromatic heterocycles. The molecule has 0 unspecified atom stereocenters.